The second-order valence-electron chi connectivity index (χ2n) is 4.69. The molecule has 0 spiro atoms. The minimum atomic E-state index is -0.192. The Morgan fingerprint density at radius 3 is 2.90 bits per heavy atom. The first-order chi connectivity index (χ1) is 9.65. The van der Waals surface area contributed by atoms with Crippen molar-refractivity contribution in [3.63, 3.8) is 0 Å². The topological polar surface area (TPSA) is 49.8 Å². The van der Waals surface area contributed by atoms with E-state index in [1.807, 2.05) is 37.3 Å². The van der Waals surface area contributed by atoms with Crippen LogP contribution in [-0.2, 0) is 6.54 Å². The van der Waals surface area contributed by atoms with Gasteiger partial charge in [0.25, 0.3) is 0 Å². The van der Waals surface area contributed by atoms with E-state index in [1.54, 1.807) is 12.1 Å². The average Bonchev–Trinajstić information content (AvgIpc) is 2.41. The van der Waals surface area contributed by atoms with E-state index in [2.05, 4.69) is 10.4 Å². The molecule has 4 nitrogen and oxygen atoms in total. The average molecular weight is 288 g/mol. The predicted molar refractivity (Wildman–Crippen MR) is 80.1 cm³/mol. The number of carbonyl (C=O) groups excluding carboxylic acids is 1. The molecular formula is C15H14ClN3O. The van der Waals surface area contributed by atoms with Crippen LogP contribution < -0.4 is 5.32 Å². The van der Waals surface area contributed by atoms with E-state index in [-0.39, 0.29) is 6.03 Å². The number of carbonyl (C=O) groups is 1. The van der Waals surface area contributed by atoms with E-state index in [9.17, 15) is 4.79 Å². The van der Waals surface area contributed by atoms with E-state index in [0.29, 0.717) is 11.6 Å². The SMILES string of the molecule is Cc1ccccc1CNC(=O)n1[nH]c2ccc(Cl)cc21. The highest BCUT2D eigenvalue weighted by Crippen LogP contribution is 2.19. The van der Waals surface area contributed by atoms with Crippen molar-refractivity contribution >= 4 is 28.7 Å². The number of H-pyrrole nitrogens is 1. The van der Waals surface area contributed by atoms with Crippen LogP contribution in [0.5, 0.6) is 0 Å². The van der Waals surface area contributed by atoms with E-state index in [4.69, 9.17) is 11.6 Å². The van der Waals surface area contributed by atoms with Gasteiger partial charge in [-0.15, -0.1) is 0 Å². The van der Waals surface area contributed by atoms with Crippen molar-refractivity contribution in [2.45, 2.75) is 13.5 Å². The fourth-order valence-electron chi connectivity index (χ4n) is 2.13. The maximum atomic E-state index is 12.1. The number of nitrogens with zero attached hydrogens (tertiary/aromatic N) is 1. The summed E-state index contributed by atoms with van der Waals surface area (Å²) in [6.07, 6.45) is 0. The van der Waals surface area contributed by atoms with Crippen molar-refractivity contribution in [2.24, 2.45) is 0 Å². The van der Waals surface area contributed by atoms with Gasteiger partial charge >= 0.3 is 6.03 Å². The highest BCUT2D eigenvalue weighted by atomic mass is 35.5. The number of aromatic nitrogens is 2. The molecule has 5 heteroatoms. The van der Waals surface area contributed by atoms with E-state index < -0.39 is 0 Å². The molecule has 0 aliphatic heterocycles. The van der Waals surface area contributed by atoms with Crippen molar-refractivity contribution in [3.8, 4) is 0 Å². The molecule has 0 fully saturated rings. The summed E-state index contributed by atoms with van der Waals surface area (Å²) in [5, 5.41) is 6.46. The Kier molecular flexibility index (Phi) is 3.24. The van der Waals surface area contributed by atoms with Crippen molar-refractivity contribution in [3.05, 3.63) is 58.6 Å². The molecular weight excluding hydrogens is 274 g/mol. The largest absolute Gasteiger partial charge is 0.341 e. The summed E-state index contributed by atoms with van der Waals surface area (Å²) in [6, 6.07) is 13.2. The molecule has 0 atom stereocenters. The molecule has 102 valence electrons. The highest BCUT2D eigenvalue weighted by Gasteiger charge is 2.12. The Morgan fingerprint density at radius 2 is 2.10 bits per heavy atom. The third-order valence-corrected chi connectivity index (χ3v) is 3.56. The van der Waals surface area contributed by atoms with Gasteiger partial charge in [0.1, 0.15) is 0 Å². The summed E-state index contributed by atoms with van der Waals surface area (Å²) < 4.78 is 1.46. The van der Waals surface area contributed by atoms with E-state index in [0.717, 1.165) is 22.2 Å². The normalized spacial score (nSPS) is 10.9. The van der Waals surface area contributed by atoms with Gasteiger partial charge in [-0.25, -0.2) is 9.48 Å². The molecule has 1 aromatic heterocycles. The van der Waals surface area contributed by atoms with Gasteiger partial charge in [0, 0.05) is 11.6 Å². The lowest BCUT2D eigenvalue weighted by molar-refractivity contribution is 0.239. The number of fused-ring (bicyclic) bond motifs is 1. The van der Waals surface area contributed by atoms with E-state index >= 15 is 0 Å². The van der Waals surface area contributed by atoms with Crippen LogP contribution in [0.3, 0.4) is 0 Å². The lowest BCUT2D eigenvalue weighted by atomic mass is 10.1. The van der Waals surface area contributed by atoms with Gasteiger partial charge in [-0.3, -0.25) is 5.10 Å². The van der Waals surface area contributed by atoms with Crippen LogP contribution in [0.25, 0.3) is 11.0 Å². The first-order valence-electron chi connectivity index (χ1n) is 6.34. The first-order valence-corrected chi connectivity index (χ1v) is 6.71. The summed E-state index contributed by atoms with van der Waals surface area (Å²) >= 11 is 5.93. The Morgan fingerprint density at radius 1 is 1.30 bits per heavy atom. The van der Waals surface area contributed by atoms with Gasteiger partial charge in [0.2, 0.25) is 0 Å². The number of hydrogen-bond donors (Lipinski definition) is 2. The number of hydrogen-bond acceptors (Lipinski definition) is 1. The van der Waals surface area contributed by atoms with Crippen LogP contribution in [0, 0.1) is 6.92 Å². The van der Waals surface area contributed by atoms with Crippen LogP contribution in [0.15, 0.2) is 42.5 Å². The third-order valence-electron chi connectivity index (χ3n) is 3.33. The quantitative estimate of drug-likeness (QED) is 0.742. The molecule has 0 bridgehead atoms. The van der Waals surface area contributed by atoms with Crippen LogP contribution in [-0.4, -0.2) is 15.8 Å². The number of aromatic amines is 1. The molecule has 2 N–H and O–H groups in total. The zero-order chi connectivity index (χ0) is 14.1. The van der Waals surface area contributed by atoms with Crippen LogP contribution in [0.1, 0.15) is 11.1 Å². The van der Waals surface area contributed by atoms with Crippen molar-refractivity contribution < 1.29 is 4.79 Å². The van der Waals surface area contributed by atoms with Gasteiger partial charge in [-0.1, -0.05) is 35.9 Å². The first kappa shape index (κ1) is 12.8. The standard InChI is InChI=1S/C15H14ClN3O/c1-10-4-2-3-5-11(10)9-17-15(20)19-14-8-12(16)6-7-13(14)18-19/h2-8,18H,9H2,1H3,(H,17,20). The molecule has 20 heavy (non-hydrogen) atoms. The highest BCUT2D eigenvalue weighted by molar-refractivity contribution is 6.31. The number of rotatable bonds is 2. The molecule has 0 unspecified atom stereocenters. The fraction of sp³-hybridized carbons (Fsp3) is 0.133. The zero-order valence-electron chi connectivity index (χ0n) is 11.0. The summed E-state index contributed by atoms with van der Waals surface area (Å²) in [5.41, 5.74) is 3.96. The maximum Gasteiger partial charge on any atom is 0.341 e. The third kappa shape index (κ3) is 2.30. The molecule has 3 aromatic rings. The summed E-state index contributed by atoms with van der Waals surface area (Å²) in [6.45, 7) is 2.53. The molecule has 0 saturated carbocycles. The number of aryl methyl sites for hydroxylation is 1. The lowest BCUT2D eigenvalue weighted by Crippen LogP contribution is -2.32. The summed E-state index contributed by atoms with van der Waals surface area (Å²) in [7, 11) is 0. The van der Waals surface area contributed by atoms with Crippen LogP contribution in [0.4, 0.5) is 4.79 Å². The smallest absolute Gasteiger partial charge is 0.332 e. The van der Waals surface area contributed by atoms with E-state index in [1.165, 1.54) is 4.68 Å². The Balaban J connectivity index is 1.74. The molecule has 0 aliphatic carbocycles. The fourth-order valence-corrected chi connectivity index (χ4v) is 2.30. The molecule has 1 amide bonds. The molecule has 3 rings (SSSR count). The van der Waals surface area contributed by atoms with Crippen molar-refractivity contribution in [2.75, 3.05) is 0 Å². The molecule has 0 aliphatic rings. The second-order valence-corrected chi connectivity index (χ2v) is 5.13. The number of amides is 1. The Bertz CT molecular complexity index is 772. The zero-order valence-corrected chi connectivity index (χ0v) is 11.7. The number of nitrogens with one attached hydrogen (secondary N) is 2. The number of halogens is 1. The van der Waals surface area contributed by atoms with Gasteiger partial charge in [0.05, 0.1) is 11.0 Å². The lowest BCUT2D eigenvalue weighted by Gasteiger charge is -2.16. The predicted octanol–water partition coefficient (Wildman–Crippen LogP) is 3.69. The maximum absolute atomic E-state index is 12.1. The minimum Gasteiger partial charge on any atom is -0.332 e. The van der Waals surface area contributed by atoms with Gasteiger partial charge < -0.3 is 5.32 Å². The van der Waals surface area contributed by atoms with Crippen LogP contribution in [0.2, 0.25) is 5.02 Å². The van der Waals surface area contributed by atoms with Crippen molar-refractivity contribution in [1.82, 2.24) is 15.1 Å². The summed E-state index contributed by atoms with van der Waals surface area (Å²) in [4.78, 5) is 12.1. The molecule has 1 heterocycles. The van der Waals surface area contributed by atoms with Gasteiger partial charge in [-0.2, -0.15) is 0 Å². The van der Waals surface area contributed by atoms with Crippen molar-refractivity contribution in [1.29, 1.82) is 0 Å². The molecule has 0 radical (unpaired) electrons. The number of benzene rings is 2. The molecule has 0 saturated heterocycles. The van der Waals surface area contributed by atoms with Crippen LogP contribution >= 0.6 is 11.6 Å². The monoisotopic (exact) mass is 287 g/mol. The minimum absolute atomic E-state index is 0.192. The second kappa shape index (κ2) is 5.06. The summed E-state index contributed by atoms with van der Waals surface area (Å²) in [5.74, 6) is 0. The van der Waals surface area contributed by atoms with Gasteiger partial charge in [-0.05, 0) is 36.2 Å². The van der Waals surface area contributed by atoms with Gasteiger partial charge in [0.15, 0.2) is 0 Å². The Labute approximate surface area is 121 Å². The Hall–Kier alpha value is -2.20. The molecule has 2 aromatic carbocycles.